The molecule has 1 fully saturated rings. The molecular weight excluding hydrogens is 304 g/mol. The van der Waals surface area contributed by atoms with Crippen molar-refractivity contribution in [1.29, 1.82) is 0 Å². The summed E-state index contributed by atoms with van der Waals surface area (Å²) in [6.45, 7) is 5.56. The molecule has 0 aromatic heterocycles. The summed E-state index contributed by atoms with van der Waals surface area (Å²) >= 11 is 0. The second-order valence-electron chi connectivity index (χ2n) is 7.42. The van der Waals surface area contributed by atoms with Gasteiger partial charge in [-0.1, -0.05) is 30.3 Å². The van der Waals surface area contributed by atoms with Crippen LogP contribution in [0.1, 0.15) is 52.0 Å². The third-order valence-corrected chi connectivity index (χ3v) is 4.02. The fourth-order valence-corrected chi connectivity index (χ4v) is 2.92. The molecule has 0 heterocycles. The van der Waals surface area contributed by atoms with Crippen LogP contribution >= 0.6 is 0 Å². The van der Waals surface area contributed by atoms with E-state index in [2.05, 4.69) is 10.6 Å². The number of rotatable bonds is 4. The number of alkyl carbamates (subject to hydrolysis) is 1. The van der Waals surface area contributed by atoms with E-state index in [-0.39, 0.29) is 24.1 Å². The number of amides is 2. The van der Waals surface area contributed by atoms with Crippen molar-refractivity contribution in [3.8, 4) is 0 Å². The highest BCUT2D eigenvalue weighted by atomic mass is 16.6. The van der Waals surface area contributed by atoms with E-state index in [0.717, 1.165) is 31.2 Å². The molecule has 1 aliphatic rings. The summed E-state index contributed by atoms with van der Waals surface area (Å²) in [5.41, 5.74) is 0.544. The predicted octanol–water partition coefficient (Wildman–Crippen LogP) is 3.18. The molecule has 0 aliphatic heterocycles. The molecule has 1 aromatic carbocycles. The number of carbonyl (C=O) groups is 2. The first-order chi connectivity index (χ1) is 11.3. The Morgan fingerprint density at radius 2 is 1.54 bits per heavy atom. The molecule has 132 valence electrons. The molecule has 2 N–H and O–H groups in total. The van der Waals surface area contributed by atoms with Crippen molar-refractivity contribution in [1.82, 2.24) is 10.6 Å². The van der Waals surface area contributed by atoms with Crippen molar-refractivity contribution in [3.05, 3.63) is 35.9 Å². The molecule has 1 saturated carbocycles. The van der Waals surface area contributed by atoms with Crippen molar-refractivity contribution in [3.63, 3.8) is 0 Å². The average Bonchev–Trinajstić information content (AvgIpc) is 2.48. The first kappa shape index (κ1) is 18.3. The normalized spacial score (nSPS) is 21.0. The van der Waals surface area contributed by atoms with Crippen LogP contribution in [0.3, 0.4) is 0 Å². The number of nitrogens with one attached hydrogen (secondary N) is 2. The van der Waals surface area contributed by atoms with Gasteiger partial charge in [0.2, 0.25) is 5.91 Å². The van der Waals surface area contributed by atoms with Crippen LogP contribution in [-0.2, 0) is 16.0 Å². The quantitative estimate of drug-likeness (QED) is 0.890. The number of benzene rings is 1. The number of ether oxygens (including phenoxy) is 1. The average molecular weight is 332 g/mol. The number of hydrogen-bond acceptors (Lipinski definition) is 3. The highest BCUT2D eigenvalue weighted by molar-refractivity contribution is 5.78. The summed E-state index contributed by atoms with van der Waals surface area (Å²) in [6.07, 6.45) is 3.52. The SMILES string of the molecule is CC(C)(C)OC(=O)N[C@H]1CC[C@@H](NC(=O)Cc2ccccc2)CC1. The van der Waals surface area contributed by atoms with E-state index in [1.165, 1.54) is 0 Å². The van der Waals surface area contributed by atoms with Gasteiger partial charge >= 0.3 is 6.09 Å². The van der Waals surface area contributed by atoms with E-state index >= 15 is 0 Å². The molecule has 1 aromatic rings. The van der Waals surface area contributed by atoms with Crippen molar-refractivity contribution >= 4 is 12.0 Å². The van der Waals surface area contributed by atoms with Crippen LogP contribution in [0, 0.1) is 0 Å². The fourth-order valence-electron chi connectivity index (χ4n) is 2.92. The van der Waals surface area contributed by atoms with E-state index in [0.29, 0.717) is 6.42 Å². The number of carbonyl (C=O) groups excluding carboxylic acids is 2. The van der Waals surface area contributed by atoms with Crippen molar-refractivity contribution in [2.45, 2.75) is 70.6 Å². The molecular formula is C19H28N2O3. The molecule has 5 nitrogen and oxygen atoms in total. The number of hydrogen-bond donors (Lipinski definition) is 2. The second-order valence-corrected chi connectivity index (χ2v) is 7.42. The Kier molecular flexibility index (Phi) is 6.23. The third-order valence-electron chi connectivity index (χ3n) is 4.02. The van der Waals surface area contributed by atoms with Gasteiger partial charge in [-0.25, -0.2) is 4.79 Å². The van der Waals surface area contributed by atoms with Crippen molar-refractivity contribution in [2.75, 3.05) is 0 Å². The Morgan fingerprint density at radius 3 is 2.08 bits per heavy atom. The lowest BCUT2D eigenvalue weighted by Crippen LogP contribution is -2.45. The van der Waals surface area contributed by atoms with Gasteiger partial charge in [0, 0.05) is 12.1 Å². The summed E-state index contributed by atoms with van der Waals surface area (Å²) in [6, 6.07) is 10.1. The Hall–Kier alpha value is -2.04. The van der Waals surface area contributed by atoms with Gasteiger partial charge in [0.25, 0.3) is 0 Å². The lowest BCUT2D eigenvalue weighted by atomic mass is 9.91. The van der Waals surface area contributed by atoms with Crippen LogP contribution in [0.4, 0.5) is 4.79 Å². The first-order valence-electron chi connectivity index (χ1n) is 8.64. The molecule has 5 heteroatoms. The highest BCUT2D eigenvalue weighted by Gasteiger charge is 2.25. The minimum atomic E-state index is -0.479. The molecule has 1 aliphatic carbocycles. The largest absolute Gasteiger partial charge is 0.444 e. The second kappa shape index (κ2) is 8.18. The Labute approximate surface area is 144 Å². The molecule has 2 amide bonds. The summed E-state index contributed by atoms with van der Waals surface area (Å²) in [4.78, 5) is 23.9. The van der Waals surface area contributed by atoms with Gasteiger partial charge in [0.1, 0.15) is 5.60 Å². The van der Waals surface area contributed by atoms with Gasteiger partial charge in [0.05, 0.1) is 6.42 Å². The Morgan fingerprint density at radius 1 is 1.00 bits per heavy atom. The van der Waals surface area contributed by atoms with Crippen LogP contribution in [0.15, 0.2) is 30.3 Å². The van der Waals surface area contributed by atoms with Crippen LogP contribution < -0.4 is 10.6 Å². The highest BCUT2D eigenvalue weighted by Crippen LogP contribution is 2.19. The third kappa shape index (κ3) is 6.60. The summed E-state index contributed by atoms with van der Waals surface area (Å²) < 4.78 is 5.28. The lowest BCUT2D eigenvalue weighted by Gasteiger charge is -2.30. The van der Waals surface area contributed by atoms with E-state index in [9.17, 15) is 9.59 Å². The molecule has 0 atom stereocenters. The maximum atomic E-state index is 12.1. The summed E-state index contributed by atoms with van der Waals surface area (Å²) in [5, 5.41) is 6.01. The minimum absolute atomic E-state index is 0.0600. The topological polar surface area (TPSA) is 67.4 Å². The van der Waals surface area contributed by atoms with E-state index in [4.69, 9.17) is 4.74 Å². The molecule has 24 heavy (non-hydrogen) atoms. The van der Waals surface area contributed by atoms with Crippen molar-refractivity contribution in [2.24, 2.45) is 0 Å². The van der Waals surface area contributed by atoms with Gasteiger partial charge < -0.3 is 15.4 Å². The Bertz CT molecular complexity index is 543. The van der Waals surface area contributed by atoms with Crippen LogP contribution in [-0.4, -0.2) is 29.7 Å². The molecule has 2 rings (SSSR count). The van der Waals surface area contributed by atoms with Gasteiger partial charge in [-0.3, -0.25) is 4.79 Å². The molecule has 0 bridgehead atoms. The molecule has 0 spiro atoms. The van der Waals surface area contributed by atoms with Gasteiger partial charge in [-0.15, -0.1) is 0 Å². The summed E-state index contributed by atoms with van der Waals surface area (Å²) in [7, 11) is 0. The molecule has 0 unspecified atom stereocenters. The molecule has 0 radical (unpaired) electrons. The molecule has 0 saturated heterocycles. The van der Waals surface area contributed by atoms with Crippen LogP contribution in [0.2, 0.25) is 0 Å². The zero-order valence-corrected chi connectivity index (χ0v) is 14.8. The standard InChI is InChI=1S/C19H28N2O3/c1-19(2,3)24-18(23)21-16-11-9-15(10-12-16)20-17(22)13-14-7-5-4-6-8-14/h4-8,15-16H,9-13H2,1-3H3,(H,20,22)(H,21,23)/t15-,16+. The van der Waals surface area contributed by atoms with E-state index in [1.54, 1.807) is 0 Å². The van der Waals surface area contributed by atoms with Crippen LogP contribution in [0.5, 0.6) is 0 Å². The van der Waals surface area contributed by atoms with Crippen molar-refractivity contribution < 1.29 is 14.3 Å². The minimum Gasteiger partial charge on any atom is -0.444 e. The fraction of sp³-hybridized carbons (Fsp3) is 0.579. The smallest absolute Gasteiger partial charge is 0.407 e. The zero-order chi connectivity index (χ0) is 17.6. The summed E-state index contributed by atoms with van der Waals surface area (Å²) in [5.74, 6) is 0.0600. The monoisotopic (exact) mass is 332 g/mol. The van der Waals surface area contributed by atoms with Gasteiger partial charge in [-0.2, -0.15) is 0 Å². The Balaban J connectivity index is 1.69. The zero-order valence-electron chi connectivity index (χ0n) is 14.8. The van der Waals surface area contributed by atoms with Crippen LogP contribution in [0.25, 0.3) is 0 Å². The lowest BCUT2D eigenvalue weighted by molar-refractivity contribution is -0.121. The first-order valence-corrected chi connectivity index (χ1v) is 8.64. The van der Waals surface area contributed by atoms with E-state index < -0.39 is 5.60 Å². The van der Waals surface area contributed by atoms with E-state index in [1.807, 2.05) is 51.1 Å². The maximum Gasteiger partial charge on any atom is 0.407 e. The van der Waals surface area contributed by atoms with Gasteiger partial charge in [0.15, 0.2) is 0 Å². The maximum absolute atomic E-state index is 12.1. The predicted molar refractivity (Wildman–Crippen MR) is 93.7 cm³/mol. The van der Waals surface area contributed by atoms with Gasteiger partial charge in [-0.05, 0) is 52.0 Å².